The molecule has 1 heterocycles. The van der Waals surface area contributed by atoms with E-state index in [-0.39, 0.29) is 5.69 Å². The average Bonchev–Trinajstić information content (AvgIpc) is 2.89. The minimum atomic E-state index is -0.457. The van der Waals surface area contributed by atoms with Crippen molar-refractivity contribution in [1.29, 1.82) is 0 Å². The van der Waals surface area contributed by atoms with Crippen LogP contribution in [0, 0.1) is 10.1 Å². The van der Waals surface area contributed by atoms with Crippen LogP contribution in [0.15, 0.2) is 18.2 Å². The van der Waals surface area contributed by atoms with Crippen LogP contribution < -0.4 is 10.1 Å². The van der Waals surface area contributed by atoms with Crippen molar-refractivity contribution in [3.63, 3.8) is 0 Å². The van der Waals surface area contributed by atoms with Crippen LogP contribution in [0.3, 0.4) is 0 Å². The van der Waals surface area contributed by atoms with Crippen LogP contribution in [0.1, 0.15) is 13.8 Å². The van der Waals surface area contributed by atoms with Gasteiger partial charge in [-0.2, -0.15) is 0 Å². The summed E-state index contributed by atoms with van der Waals surface area (Å²) in [4.78, 5) is 10.4. The lowest BCUT2D eigenvalue weighted by Gasteiger charge is -2.10. The van der Waals surface area contributed by atoms with E-state index in [0.29, 0.717) is 29.6 Å². The van der Waals surface area contributed by atoms with Crippen LogP contribution in [0.2, 0.25) is 0 Å². The minimum Gasteiger partial charge on any atom is -0.496 e. The van der Waals surface area contributed by atoms with Gasteiger partial charge in [-0.15, -0.1) is 10.2 Å². The van der Waals surface area contributed by atoms with Gasteiger partial charge in [0.25, 0.3) is 5.69 Å². The average molecular weight is 291 g/mol. The number of ether oxygens (including phenoxy) is 1. The molecule has 0 aliphatic carbocycles. The highest BCUT2D eigenvalue weighted by Crippen LogP contribution is 2.33. The fraction of sp³-hybridized carbons (Fsp3) is 0.385. The van der Waals surface area contributed by atoms with Gasteiger partial charge in [-0.25, -0.2) is 0 Å². The van der Waals surface area contributed by atoms with Gasteiger partial charge in [-0.05, 0) is 19.9 Å². The molecular formula is C13H17N5O3. The van der Waals surface area contributed by atoms with E-state index in [2.05, 4.69) is 15.5 Å². The molecule has 0 fully saturated rings. The molecule has 0 radical (unpaired) electrons. The Morgan fingerprint density at radius 3 is 2.71 bits per heavy atom. The number of nitrogens with one attached hydrogen (secondary N) is 1. The van der Waals surface area contributed by atoms with E-state index >= 15 is 0 Å². The van der Waals surface area contributed by atoms with Gasteiger partial charge in [0.1, 0.15) is 5.75 Å². The Kier molecular flexibility index (Phi) is 4.36. The van der Waals surface area contributed by atoms with E-state index in [4.69, 9.17) is 4.74 Å². The third kappa shape index (κ3) is 2.78. The largest absolute Gasteiger partial charge is 0.496 e. The maximum absolute atomic E-state index is 10.8. The third-order valence-corrected chi connectivity index (χ3v) is 3.04. The van der Waals surface area contributed by atoms with Crippen LogP contribution in [-0.2, 0) is 6.54 Å². The second-order valence-electron chi connectivity index (χ2n) is 4.26. The van der Waals surface area contributed by atoms with E-state index in [9.17, 15) is 10.1 Å². The number of hydrogen-bond acceptors (Lipinski definition) is 6. The highest BCUT2D eigenvalue weighted by atomic mass is 16.6. The minimum absolute atomic E-state index is 0.0231. The molecule has 0 spiro atoms. The fourth-order valence-corrected chi connectivity index (χ4v) is 2.07. The number of nitro benzene ring substituents is 1. The van der Waals surface area contributed by atoms with Gasteiger partial charge in [0.2, 0.25) is 5.95 Å². The van der Waals surface area contributed by atoms with E-state index in [1.54, 1.807) is 6.07 Å². The molecule has 0 aliphatic rings. The Morgan fingerprint density at radius 1 is 1.38 bits per heavy atom. The smallest absolute Gasteiger partial charge is 0.273 e. The molecule has 2 rings (SSSR count). The van der Waals surface area contributed by atoms with Crippen LogP contribution in [0.25, 0.3) is 11.4 Å². The summed E-state index contributed by atoms with van der Waals surface area (Å²) in [5, 5.41) is 22.2. The van der Waals surface area contributed by atoms with Crippen molar-refractivity contribution >= 4 is 11.6 Å². The van der Waals surface area contributed by atoms with Crippen molar-refractivity contribution in [2.75, 3.05) is 19.0 Å². The first-order valence-electron chi connectivity index (χ1n) is 6.62. The van der Waals surface area contributed by atoms with Crippen molar-refractivity contribution in [1.82, 2.24) is 14.8 Å². The van der Waals surface area contributed by atoms with Crippen LogP contribution in [0.5, 0.6) is 5.75 Å². The molecule has 0 bridgehead atoms. The highest BCUT2D eigenvalue weighted by Gasteiger charge is 2.18. The number of aromatic nitrogens is 3. The lowest BCUT2D eigenvalue weighted by atomic mass is 10.1. The summed E-state index contributed by atoms with van der Waals surface area (Å²) < 4.78 is 7.15. The normalized spacial score (nSPS) is 10.4. The molecule has 21 heavy (non-hydrogen) atoms. The third-order valence-electron chi connectivity index (χ3n) is 3.04. The van der Waals surface area contributed by atoms with Crippen LogP contribution in [-0.4, -0.2) is 33.3 Å². The standard InChI is InChI=1S/C13H17N5O3/c1-4-14-13-16-15-12(17(13)5-2)10-7-6-9(18(19)20)8-11(10)21-3/h6-8H,4-5H2,1-3H3,(H,14,16). The number of anilines is 1. The predicted molar refractivity (Wildman–Crippen MR) is 78.5 cm³/mol. The Balaban J connectivity index is 2.53. The SMILES string of the molecule is CCNc1nnc(-c2ccc([N+](=O)[O-])cc2OC)n1CC. The summed E-state index contributed by atoms with van der Waals surface area (Å²) in [5.41, 5.74) is 0.645. The summed E-state index contributed by atoms with van der Waals surface area (Å²) >= 11 is 0. The number of rotatable bonds is 6. The molecule has 8 nitrogen and oxygen atoms in total. The molecule has 0 atom stereocenters. The van der Waals surface area contributed by atoms with E-state index in [1.807, 2.05) is 18.4 Å². The molecule has 0 aliphatic heterocycles. The summed E-state index contributed by atoms with van der Waals surface area (Å²) in [6, 6.07) is 4.44. The van der Waals surface area contributed by atoms with Gasteiger partial charge in [-0.3, -0.25) is 14.7 Å². The number of nitrogens with zero attached hydrogens (tertiary/aromatic N) is 4. The van der Waals surface area contributed by atoms with Gasteiger partial charge in [0, 0.05) is 19.2 Å². The second-order valence-corrected chi connectivity index (χ2v) is 4.26. The van der Waals surface area contributed by atoms with E-state index in [1.165, 1.54) is 19.2 Å². The van der Waals surface area contributed by atoms with Crippen molar-refractivity contribution in [2.45, 2.75) is 20.4 Å². The van der Waals surface area contributed by atoms with E-state index in [0.717, 1.165) is 6.54 Å². The van der Waals surface area contributed by atoms with Crippen molar-refractivity contribution in [3.8, 4) is 17.1 Å². The molecule has 1 aromatic heterocycles. The zero-order valence-corrected chi connectivity index (χ0v) is 12.2. The fourth-order valence-electron chi connectivity index (χ4n) is 2.07. The maximum Gasteiger partial charge on any atom is 0.273 e. The summed E-state index contributed by atoms with van der Waals surface area (Å²) in [6.45, 7) is 5.35. The Hall–Kier alpha value is -2.64. The number of non-ortho nitro benzene ring substituents is 1. The van der Waals surface area contributed by atoms with Crippen molar-refractivity contribution in [3.05, 3.63) is 28.3 Å². The summed E-state index contributed by atoms with van der Waals surface area (Å²) in [5.74, 6) is 1.67. The van der Waals surface area contributed by atoms with Gasteiger partial charge in [0.15, 0.2) is 5.82 Å². The molecule has 0 amide bonds. The van der Waals surface area contributed by atoms with E-state index < -0.39 is 4.92 Å². The molecule has 1 aromatic carbocycles. The first-order valence-corrected chi connectivity index (χ1v) is 6.62. The highest BCUT2D eigenvalue weighted by molar-refractivity contribution is 5.68. The molecule has 0 saturated heterocycles. The monoisotopic (exact) mass is 291 g/mol. The van der Waals surface area contributed by atoms with Gasteiger partial charge < -0.3 is 10.1 Å². The molecule has 2 aromatic rings. The number of benzene rings is 1. The quantitative estimate of drug-likeness (QED) is 0.648. The zero-order valence-electron chi connectivity index (χ0n) is 12.2. The lowest BCUT2D eigenvalue weighted by Crippen LogP contribution is -2.07. The topological polar surface area (TPSA) is 95.1 Å². The first-order chi connectivity index (χ1) is 10.1. The molecule has 8 heteroatoms. The zero-order chi connectivity index (χ0) is 15.4. The molecule has 0 unspecified atom stereocenters. The number of nitro groups is 1. The molecule has 1 N–H and O–H groups in total. The first kappa shape index (κ1) is 14.8. The van der Waals surface area contributed by atoms with Gasteiger partial charge in [-0.1, -0.05) is 0 Å². The van der Waals surface area contributed by atoms with Crippen molar-refractivity contribution < 1.29 is 9.66 Å². The summed E-state index contributed by atoms with van der Waals surface area (Å²) in [6.07, 6.45) is 0. The predicted octanol–water partition coefficient (Wildman–Crippen LogP) is 2.31. The molecular weight excluding hydrogens is 274 g/mol. The van der Waals surface area contributed by atoms with Gasteiger partial charge in [0.05, 0.1) is 23.7 Å². The number of methoxy groups -OCH3 is 1. The molecule has 0 saturated carbocycles. The van der Waals surface area contributed by atoms with Crippen molar-refractivity contribution in [2.24, 2.45) is 0 Å². The molecule has 112 valence electrons. The van der Waals surface area contributed by atoms with Crippen LogP contribution in [0.4, 0.5) is 11.6 Å². The second kappa shape index (κ2) is 6.21. The summed E-state index contributed by atoms with van der Waals surface area (Å²) in [7, 11) is 1.47. The van der Waals surface area contributed by atoms with Crippen LogP contribution >= 0.6 is 0 Å². The Labute approximate surface area is 121 Å². The Morgan fingerprint density at radius 2 is 2.14 bits per heavy atom. The number of hydrogen-bond donors (Lipinski definition) is 1. The van der Waals surface area contributed by atoms with Gasteiger partial charge >= 0.3 is 0 Å². The Bertz CT molecular complexity index is 653. The lowest BCUT2D eigenvalue weighted by molar-refractivity contribution is -0.384. The maximum atomic E-state index is 10.8.